The van der Waals surface area contributed by atoms with Crippen molar-refractivity contribution in [3.05, 3.63) is 60.6 Å². The molecule has 7 nitrogen and oxygen atoms in total. The number of nitro groups is 1. The van der Waals surface area contributed by atoms with Gasteiger partial charge in [0.2, 0.25) is 0 Å². The molecule has 0 aromatic heterocycles. The van der Waals surface area contributed by atoms with Gasteiger partial charge in [0.15, 0.2) is 10.9 Å². The fourth-order valence-electron chi connectivity index (χ4n) is 2.16. The van der Waals surface area contributed by atoms with Crippen molar-refractivity contribution >= 4 is 69.4 Å². The van der Waals surface area contributed by atoms with E-state index in [1.165, 1.54) is 31.4 Å². The Hall–Kier alpha value is -2.13. The van der Waals surface area contributed by atoms with Crippen LogP contribution in [0, 0.1) is 17.0 Å². The van der Waals surface area contributed by atoms with Gasteiger partial charge in [0.25, 0.3) is 11.6 Å². The number of aryl methyl sites for hydroxylation is 1. The summed E-state index contributed by atoms with van der Waals surface area (Å²) in [6.45, 7) is 1.64. The van der Waals surface area contributed by atoms with Crippen LogP contribution in [0.25, 0.3) is 0 Å². The van der Waals surface area contributed by atoms with E-state index in [1.807, 2.05) is 0 Å². The number of carbonyl (C=O) groups is 1. The zero-order valence-corrected chi connectivity index (χ0v) is 17.0. The van der Waals surface area contributed by atoms with Crippen LogP contribution in [0.4, 0.5) is 11.4 Å². The molecule has 0 spiro atoms. The van der Waals surface area contributed by atoms with Gasteiger partial charge in [0, 0.05) is 17.3 Å². The first-order chi connectivity index (χ1) is 12.6. The molecule has 0 bridgehead atoms. The van der Waals surface area contributed by atoms with E-state index >= 15 is 0 Å². The zero-order chi connectivity index (χ0) is 20.3. The molecule has 0 heterocycles. The first-order valence-corrected chi connectivity index (χ1v) is 8.78. The number of nitro benzene ring substituents is 1. The number of carbonyl (C=O) groups excluding carboxylic acids is 1. The van der Waals surface area contributed by atoms with Crippen LogP contribution in [-0.2, 0) is 0 Å². The van der Waals surface area contributed by atoms with Gasteiger partial charge in [0.05, 0.1) is 22.1 Å². The minimum Gasteiger partial charge on any atom is -0.494 e. The Morgan fingerprint density at radius 1 is 1.15 bits per heavy atom. The Labute approximate surface area is 174 Å². The molecule has 0 saturated heterocycles. The summed E-state index contributed by atoms with van der Waals surface area (Å²) in [5, 5.41) is 16.4. The van der Waals surface area contributed by atoms with Crippen molar-refractivity contribution in [3.8, 4) is 5.75 Å². The molecule has 0 atom stereocenters. The normalized spacial score (nSPS) is 10.3. The van der Waals surface area contributed by atoms with E-state index in [9.17, 15) is 14.9 Å². The van der Waals surface area contributed by atoms with Crippen molar-refractivity contribution in [1.82, 2.24) is 5.32 Å². The quantitative estimate of drug-likeness (QED) is 0.388. The number of benzene rings is 2. The number of hydrogen-bond donors (Lipinski definition) is 2. The molecule has 0 aliphatic rings. The van der Waals surface area contributed by atoms with Crippen molar-refractivity contribution in [3.63, 3.8) is 0 Å². The fraction of sp³-hybridized carbons (Fsp3) is 0.125. The van der Waals surface area contributed by atoms with E-state index in [4.69, 9.17) is 51.8 Å². The first-order valence-electron chi connectivity index (χ1n) is 7.24. The predicted molar refractivity (Wildman–Crippen MR) is 110 cm³/mol. The summed E-state index contributed by atoms with van der Waals surface area (Å²) in [6, 6.07) is 5.43. The molecule has 27 heavy (non-hydrogen) atoms. The summed E-state index contributed by atoms with van der Waals surface area (Å²) in [6.07, 6.45) is 0. The van der Waals surface area contributed by atoms with E-state index < -0.39 is 10.8 Å². The molecule has 0 fully saturated rings. The minimum atomic E-state index is -0.587. The van der Waals surface area contributed by atoms with Gasteiger partial charge < -0.3 is 10.1 Å². The lowest BCUT2D eigenvalue weighted by Gasteiger charge is -2.13. The summed E-state index contributed by atoms with van der Waals surface area (Å²) >= 11 is 23.0. The van der Waals surface area contributed by atoms with Crippen molar-refractivity contribution < 1.29 is 14.5 Å². The lowest BCUT2D eigenvalue weighted by atomic mass is 10.2. The molecule has 2 aromatic carbocycles. The van der Waals surface area contributed by atoms with Gasteiger partial charge in [-0.25, -0.2) is 0 Å². The maximum Gasteiger partial charge on any atom is 0.288 e. The van der Waals surface area contributed by atoms with Gasteiger partial charge >= 0.3 is 0 Å². The SMILES string of the molecule is COc1c(Cl)cc(C(=O)NC(=S)Nc2cc(Cl)c([N+](=O)[O-])cc2C)cc1Cl. The van der Waals surface area contributed by atoms with Crippen LogP contribution in [0.1, 0.15) is 15.9 Å². The topological polar surface area (TPSA) is 93.5 Å². The van der Waals surface area contributed by atoms with E-state index in [0.29, 0.717) is 11.3 Å². The van der Waals surface area contributed by atoms with Gasteiger partial charge in [0.1, 0.15) is 5.02 Å². The van der Waals surface area contributed by atoms with Crippen molar-refractivity contribution in [1.29, 1.82) is 0 Å². The van der Waals surface area contributed by atoms with Crippen LogP contribution in [0.5, 0.6) is 5.75 Å². The van der Waals surface area contributed by atoms with E-state index in [0.717, 1.165) is 0 Å². The Balaban J connectivity index is 2.15. The van der Waals surface area contributed by atoms with E-state index in [2.05, 4.69) is 10.6 Å². The Kier molecular flexibility index (Phi) is 6.83. The molecule has 0 saturated carbocycles. The van der Waals surface area contributed by atoms with Crippen molar-refractivity contribution in [2.75, 3.05) is 12.4 Å². The number of ether oxygens (including phenoxy) is 1. The van der Waals surface area contributed by atoms with E-state index in [-0.39, 0.29) is 37.2 Å². The van der Waals surface area contributed by atoms with Crippen LogP contribution >= 0.6 is 47.0 Å². The molecule has 0 radical (unpaired) electrons. The van der Waals surface area contributed by atoms with Crippen LogP contribution in [0.15, 0.2) is 24.3 Å². The van der Waals surface area contributed by atoms with Gasteiger partial charge in [-0.05, 0) is 42.9 Å². The smallest absolute Gasteiger partial charge is 0.288 e. The molecule has 0 aliphatic carbocycles. The average Bonchev–Trinajstić information content (AvgIpc) is 2.57. The Morgan fingerprint density at radius 3 is 2.26 bits per heavy atom. The highest BCUT2D eigenvalue weighted by Crippen LogP contribution is 2.34. The third kappa shape index (κ3) is 4.98. The highest BCUT2D eigenvalue weighted by Gasteiger charge is 2.17. The summed E-state index contributed by atoms with van der Waals surface area (Å²) < 4.78 is 5.03. The molecular weight excluding hydrogens is 437 g/mol. The largest absolute Gasteiger partial charge is 0.494 e. The molecule has 0 aliphatic heterocycles. The van der Waals surface area contributed by atoms with Crippen LogP contribution in [-0.4, -0.2) is 23.1 Å². The van der Waals surface area contributed by atoms with Crippen LogP contribution in [0.3, 0.4) is 0 Å². The Morgan fingerprint density at radius 2 is 1.74 bits per heavy atom. The maximum absolute atomic E-state index is 12.3. The van der Waals surface area contributed by atoms with Crippen LogP contribution < -0.4 is 15.4 Å². The monoisotopic (exact) mass is 447 g/mol. The van der Waals surface area contributed by atoms with Gasteiger partial charge in [-0.1, -0.05) is 34.8 Å². The lowest BCUT2D eigenvalue weighted by molar-refractivity contribution is -0.384. The zero-order valence-electron chi connectivity index (χ0n) is 13.9. The highest BCUT2D eigenvalue weighted by molar-refractivity contribution is 7.80. The molecule has 2 N–H and O–H groups in total. The number of hydrogen-bond acceptors (Lipinski definition) is 5. The second kappa shape index (κ2) is 8.71. The predicted octanol–water partition coefficient (Wildman–Crippen LogP) is 5.00. The number of methoxy groups -OCH3 is 1. The molecular formula is C16H12Cl3N3O4S. The third-order valence-corrected chi connectivity index (χ3v) is 4.50. The van der Waals surface area contributed by atoms with Gasteiger partial charge in [-0.3, -0.25) is 20.2 Å². The number of halogens is 3. The number of rotatable bonds is 4. The lowest BCUT2D eigenvalue weighted by Crippen LogP contribution is -2.34. The number of thiocarbonyl (C=S) groups is 1. The summed E-state index contributed by atoms with van der Waals surface area (Å²) in [7, 11) is 1.41. The van der Waals surface area contributed by atoms with Crippen molar-refractivity contribution in [2.45, 2.75) is 6.92 Å². The summed E-state index contributed by atoms with van der Waals surface area (Å²) in [5.74, 6) is -0.295. The Bertz CT molecular complexity index is 930. The number of anilines is 1. The molecule has 1 amide bonds. The molecule has 11 heteroatoms. The average molecular weight is 449 g/mol. The molecule has 2 rings (SSSR count). The molecule has 142 valence electrons. The molecule has 2 aromatic rings. The van der Waals surface area contributed by atoms with Gasteiger partial charge in [-0.2, -0.15) is 0 Å². The standard InChI is InChI=1S/C16H12Cl3N3O4S/c1-7-3-13(22(24)25)9(17)6-12(7)20-16(27)21-15(23)8-4-10(18)14(26-2)11(19)5-8/h3-6H,1-2H3,(H2,20,21,23,27). The van der Waals surface area contributed by atoms with Crippen molar-refractivity contribution in [2.24, 2.45) is 0 Å². The molecule has 0 unspecified atom stereocenters. The van der Waals surface area contributed by atoms with E-state index in [1.54, 1.807) is 6.92 Å². The fourth-order valence-corrected chi connectivity index (χ4v) is 3.23. The summed E-state index contributed by atoms with van der Waals surface area (Å²) in [5.41, 5.74) is 0.894. The van der Waals surface area contributed by atoms with Gasteiger partial charge in [-0.15, -0.1) is 0 Å². The summed E-state index contributed by atoms with van der Waals surface area (Å²) in [4.78, 5) is 22.6. The maximum atomic E-state index is 12.3. The number of amides is 1. The second-order valence-electron chi connectivity index (χ2n) is 5.26. The second-order valence-corrected chi connectivity index (χ2v) is 6.89. The number of nitrogens with zero attached hydrogens (tertiary/aromatic N) is 1. The van der Waals surface area contributed by atoms with Crippen LogP contribution in [0.2, 0.25) is 15.1 Å². The highest BCUT2D eigenvalue weighted by atomic mass is 35.5. The minimum absolute atomic E-state index is 0.0314. The first kappa shape index (κ1) is 21.2. The number of nitrogens with one attached hydrogen (secondary N) is 2. The third-order valence-electron chi connectivity index (χ3n) is 3.43.